The van der Waals surface area contributed by atoms with Crippen molar-refractivity contribution in [2.45, 2.75) is 45.2 Å². The highest BCUT2D eigenvalue weighted by Crippen LogP contribution is 2.44. The molecule has 10 nitrogen and oxygen atoms in total. The molecule has 0 bridgehead atoms. The van der Waals surface area contributed by atoms with Gasteiger partial charge in [0.2, 0.25) is 20.0 Å². The Morgan fingerprint density at radius 2 is 0.955 bits per heavy atom. The van der Waals surface area contributed by atoms with Crippen LogP contribution in [0.2, 0.25) is 0 Å². The lowest BCUT2D eigenvalue weighted by atomic mass is 10.1. The summed E-state index contributed by atoms with van der Waals surface area (Å²) >= 11 is 0. The second-order valence-electron chi connectivity index (χ2n) is 10.8. The number of fused-ring (bicyclic) bond motifs is 2. The van der Waals surface area contributed by atoms with Gasteiger partial charge in [-0.15, -0.1) is 0 Å². The summed E-state index contributed by atoms with van der Waals surface area (Å²) < 4.78 is 56.4. The maximum atomic E-state index is 13.6. The number of hydrogen-bond donors (Lipinski definition) is 2. The van der Waals surface area contributed by atoms with Crippen LogP contribution in [0.15, 0.2) is 94.7 Å². The summed E-state index contributed by atoms with van der Waals surface area (Å²) in [5, 5.41) is 22.2. The van der Waals surface area contributed by atoms with Gasteiger partial charge in [-0.2, -0.15) is 8.61 Å². The summed E-state index contributed by atoms with van der Waals surface area (Å²) in [6, 6.07) is 21.5. The first-order chi connectivity index (χ1) is 20.9. The zero-order valence-corrected chi connectivity index (χ0v) is 26.4. The Kier molecular flexibility index (Phi) is 8.41. The number of aliphatic carboxylic acids is 2. The van der Waals surface area contributed by atoms with Crippen LogP contribution in [-0.4, -0.2) is 83.3 Å². The van der Waals surface area contributed by atoms with E-state index in [4.69, 9.17) is 0 Å². The normalized spacial score (nSPS) is 23.4. The van der Waals surface area contributed by atoms with Crippen LogP contribution in [0.5, 0.6) is 0 Å². The summed E-state index contributed by atoms with van der Waals surface area (Å²) in [5.74, 6) is -2.50. The van der Waals surface area contributed by atoms with Crippen molar-refractivity contribution in [3.8, 4) is 0 Å². The molecule has 2 aliphatic rings. The summed E-state index contributed by atoms with van der Waals surface area (Å²) in [4.78, 5) is 24.3. The average Bonchev–Trinajstić information content (AvgIpc) is 3.66. The minimum Gasteiger partial charge on any atom is -0.480 e. The number of carboxylic acids is 2. The van der Waals surface area contributed by atoms with Gasteiger partial charge in [0.1, 0.15) is 12.1 Å². The quantitative estimate of drug-likeness (QED) is 0.243. The minimum absolute atomic E-state index is 0.00962. The van der Waals surface area contributed by atoms with Crippen LogP contribution in [0.1, 0.15) is 12.8 Å². The minimum atomic E-state index is -4.12. The molecule has 0 aliphatic carbocycles. The molecule has 2 aliphatic heterocycles. The van der Waals surface area contributed by atoms with Gasteiger partial charge in [-0.1, -0.05) is 82.3 Å². The van der Waals surface area contributed by atoms with Crippen molar-refractivity contribution < 1.29 is 36.6 Å². The van der Waals surface area contributed by atoms with Crippen LogP contribution >= 0.6 is 21.6 Å². The average molecular weight is 673 g/mol. The first kappa shape index (κ1) is 30.9. The van der Waals surface area contributed by atoms with Crippen molar-refractivity contribution in [3.05, 3.63) is 84.9 Å². The molecule has 14 heteroatoms. The van der Waals surface area contributed by atoms with Crippen molar-refractivity contribution in [1.82, 2.24) is 8.61 Å². The molecule has 0 amide bonds. The van der Waals surface area contributed by atoms with Crippen molar-refractivity contribution in [3.63, 3.8) is 0 Å². The number of benzene rings is 4. The lowest BCUT2D eigenvalue weighted by Gasteiger charge is -2.21. The molecule has 4 aromatic carbocycles. The third-order valence-electron chi connectivity index (χ3n) is 7.99. The Morgan fingerprint density at radius 3 is 1.32 bits per heavy atom. The first-order valence-electron chi connectivity index (χ1n) is 13.7. The van der Waals surface area contributed by atoms with E-state index in [2.05, 4.69) is 0 Å². The second-order valence-corrected chi connectivity index (χ2v) is 17.4. The van der Waals surface area contributed by atoms with Crippen LogP contribution in [0.25, 0.3) is 21.5 Å². The molecule has 44 heavy (non-hydrogen) atoms. The molecule has 0 spiro atoms. The number of rotatable bonds is 9. The van der Waals surface area contributed by atoms with Crippen molar-refractivity contribution in [2.75, 3.05) is 13.1 Å². The largest absolute Gasteiger partial charge is 0.480 e. The van der Waals surface area contributed by atoms with Gasteiger partial charge in [0.05, 0.1) is 9.79 Å². The maximum absolute atomic E-state index is 13.6. The fourth-order valence-corrected chi connectivity index (χ4v) is 12.3. The number of nitrogens with zero attached hydrogens (tertiary/aromatic N) is 2. The van der Waals surface area contributed by atoms with Crippen LogP contribution in [0, 0.1) is 0 Å². The van der Waals surface area contributed by atoms with Crippen LogP contribution < -0.4 is 0 Å². The summed E-state index contributed by atoms with van der Waals surface area (Å²) in [6.45, 7) is -0.0874. The van der Waals surface area contributed by atoms with E-state index in [1.807, 2.05) is 24.3 Å². The predicted molar refractivity (Wildman–Crippen MR) is 171 cm³/mol. The number of carboxylic acid groups (broad SMARTS) is 2. The zero-order chi connectivity index (χ0) is 31.2. The van der Waals surface area contributed by atoms with E-state index in [-0.39, 0.29) is 35.7 Å². The van der Waals surface area contributed by atoms with E-state index in [0.29, 0.717) is 0 Å². The van der Waals surface area contributed by atoms with Gasteiger partial charge in [0.15, 0.2) is 0 Å². The Hall–Kier alpha value is -3.14. The Balaban J connectivity index is 1.17. The fraction of sp³-hybridized carbons (Fsp3) is 0.267. The summed E-state index contributed by atoms with van der Waals surface area (Å²) in [5.41, 5.74) is 0. The van der Waals surface area contributed by atoms with Crippen molar-refractivity contribution >= 4 is 75.1 Å². The van der Waals surface area contributed by atoms with E-state index in [9.17, 15) is 36.6 Å². The lowest BCUT2D eigenvalue weighted by molar-refractivity contribution is -0.141. The Morgan fingerprint density at radius 1 is 0.591 bits per heavy atom. The van der Waals surface area contributed by atoms with Crippen LogP contribution in [0.3, 0.4) is 0 Å². The van der Waals surface area contributed by atoms with Gasteiger partial charge in [-0.25, -0.2) is 16.8 Å². The maximum Gasteiger partial charge on any atom is 0.322 e. The van der Waals surface area contributed by atoms with Crippen LogP contribution in [0.4, 0.5) is 0 Å². The van der Waals surface area contributed by atoms with Gasteiger partial charge in [0.25, 0.3) is 0 Å². The predicted octanol–water partition coefficient (Wildman–Crippen LogP) is 4.51. The first-order valence-corrected chi connectivity index (χ1v) is 18.9. The third-order valence-corrected chi connectivity index (χ3v) is 15.0. The van der Waals surface area contributed by atoms with Crippen molar-refractivity contribution in [2.24, 2.45) is 0 Å². The van der Waals surface area contributed by atoms with E-state index in [1.54, 1.807) is 36.4 Å². The van der Waals surface area contributed by atoms with E-state index in [0.717, 1.165) is 30.2 Å². The highest BCUT2D eigenvalue weighted by molar-refractivity contribution is 8.77. The SMILES string of the molecule is O=C(O)[C@H]1C[C@@H](SS[C@@H]2C[C@@H](C(=O)O)N(S(=O)(=O)c3ccc4ccccc4c3)C2)CN1S(=O)(=O)c1ccc2ccccc2c1. The molecule has 2 heterocycles. The molecule has 6 rings (SSSR count). The number of hydrogen-bond acceptors (Lipinski definition) is 8. The smallest absolute Gasteiger partial charge is 0.322 e. The second kappa shape index (κ2) is 12.0. The molecule has 4 atom stereocenters. The Labute approximate surface area is 262 Å². The third kappa shape index (κ3) is 5.82. The molecular weight excluding hydrogens is 645 g/mol. The summed E-state index contributed by atoms with van der Waals surface area (Å²) in [6.07, 6.45) is 0.127. The fourth-order valence-electron chi connectivity index (χ4n) is 5.74. The molecule has 0 saturated carbocycles. The molecule has 2 N–H and O–H groups in total. The molecule has 2 fully saturated rings. The topological polar surface area (TPSA) is 149 Å². The molecule has 0 aromatic heterocycles. The van der Waals surface area contributed by atoms with E-state index >= 15 is 0 Å². The lowest BCUT2D eigenvalue weighted by Crippen LogP contribution is -2.40. The number of sulfonamides is 2. The van der Waals surface area contributed by atoms with Gasteiger partial charge in [-0.3, -0.25) is 9.59 Å². The molecule has 0 radical (unpaired) electrons. The number of carbonyl (C=O) groups is 2. The van der Waals surface area contributed by atoms with Gasteiger partial charge < -0.3 is 10.2 Å². The highest BCUT2D eigenvalue weighted by atomic mass is 33.1. The molecular formula is C30H28N2O8S4. The van der Waals surface area contributed by atoms with Gasteiger partial charge >= 0.3 is 11.9 Å². The highest BCUT2D eigenvalue weighted by Gasteiger charge is 2.47. The molecule has 230 valence electrons. The molecule has 4 aromatic rings. The van der Waals surface area contributed by atoms with E-state index < -0.39 is 54.6 Å². The Bertz CT molecular complexity index is 1840. The molecule has 2 saturated heterocycles. The van der Waals surface area contributed by atoms with Gasteiger partial charge in [0, 0.05) is 23.6 Å². The zero-order valence-electron chi connectivity index (χ0n) is 23.1. The van der Waals surface area contributed by atoms with Gasteiger partial charge in [-0.05, 0) is 58.7 Å². The van der Waals surface area contributed by atoms with Crippen LogP contribution in [-0.2, 0) is 29.6 Å². The van der Waals surface area contributed by atoms with Crippen molar-refractivity contribution in [1.29, 1.82) is 0 Å². The van der Waals surface area contributed by atoms with E-state index in [1.165, 1.54) is 45.9 Å². The monoisotopic (exact) mass is 672 g/mol. The molecule has 0 unspecified atom stereocenters. The summed E-state index contributed by atoms with van der Waals surface area (Å²) in [7, 11) is -5.70. The standard InChI is InChI=1S/C30H28N2O8S4/c33-29(34)27-15-23(17-31(27)43(37,38)25-11-9-19-5-1-3-7-21(19)13-25)41-42-24-16-28(30(35)36)32(18-24)44(39,40)26-12-10-20-6-2-4-8-22(20)14-26/h1-14,23-24,27-28H,15-18H2,(H,33,34)(H,35,36)/t23-,24-,27-,28+/m1/s1.